The van der Waals surface area contributed by atoms with Crippen molar-refractivity contribution in [3.05, 3.63) is 0 Å². The fourth-order valence-corrected chi connectivity index (χ4v) is 1.42. The molecular weight excluding hydrogens is 201 g/mol. The summed E-state index contributed by atoms with van der Waals surface area (Å²) in [5, 5.41) is 26.0. The summed E-state index contributed by atoms with van der Waals surface area (Å²) in [6.07, 6.45) is -1.39. The van der Waals surface area contributed by atoms with Gasteiger partial charge in [0.25, 0.3) is 0 Å². The predicted molar refractivity (Wildman–Crippen MR) is 40.3 cm³/mol. The van der Waals surface area contributed by atoms with E-state index >= 15 is 0 Å². The molecule has 0 radical (unpaired) electrons. The molecule has 13 heavy (non-hydrogen) atoms. The molecule has 0 fully saturated rings. The third-order valence-electron chi connectivity index (χ3n) is 1.39. The molecule has 0 aliphatic heterocycles. The molecule has 0 bridgehead atoms. The van der Waals surface area contributed by atoms with Crippen molar-refractivity contribution in [3.63, 3.8) is 0 Å². The van der Waals surface area contributed by atoms with E-state index in [9.17, 15) is 13.9 Å². The summed E-state index contributed by atoms with van der Waals surface area (Å²) in [6, 6.07) is -1.65. The van der Waals surface area contributed by atoms with Crippen LogP contribution in [0.4, 0.5) is 0 Å². The highest BCUT2D eigenvalue weighted by Crippen LogP contribution is 2.18. The van der Waals surface area contributed by atoms with Crippen LogP contribution in [0, 0.1) is 0 Å². The maximum atomic E-state index is 10.5. The van der Waals surface area contributed by atoms with Crippen LogP contribution < -0.4 is 0 Å². The van der Waals surface area contributed by atoms with Gasteiger partial charge in [-0.3, -0.25) is 4.79 Å². The highest BCUT2D eigenvalue weighted by atomic mass is 31.1. The van der Waals surface area contributed by atoms with Gasteiger partial charge >= 0.3 is 13.8 Å². The van der Waals surface area contributed by atoms with Gasteiger partial charge in [0.2, 0.25) is 0 Å². The zero-order chi connectivity index (χ0) is 10.6. The lowest BCUT2D eigenvalue weighted by Crippen LogP contribution is -2.44. The van der Waals surface area contributed by atoms with Crippen LogP contribution in [-0.4, -0.2) is 44.8 Å². The van der Waals surface area contributed by atoms with E-state index in [1.54, 1.807) is 0 Å². The first-order chi connectivity index (χ1) is 5.91. The number of carboxylic acids is 1. The van der Waals surface area contributed by atoms with E-state index in [4.69, 9.17) is 15.3 Å². The van der Waals surface area contributed by atoms with Crippen molar-refractivity contribution < 1.29 is 29.2 Å². The van der Waals surface area contributed by atoms with Crippen LogP contribution in [0.2, 0.25) is 0 Å². The number of nitrogens with zero attached hydrogens (tertiary/aromatic N) is 1. The number of hydrogen-bond acceptors (Lipinski definition) is 5. The van der Waals surface area contributed by atoms with Crippen molar-refractivity contribution in [2.45, 2.75) is 19.1 Å². The van der Waals surface area contributed by atoms with E-state index in [2.05, 4.69) is 0 Å². The number of aliphatic carboxylic acids is 1. The average Bonchev–Trinajstić information content (AvgIpc) is 1.97. The first kappa shape index (κ1) is 12.2. The van der Waals surface area contributed by atoms with Crippen molar-refractivity contribution in [1.82, 2.24) is 4.67 Å². The molecule has 7 nitrogen and oxygen atoms in total. The van der Waals surface area contributed by atoms with Gasteiger partial charge in [-0.05, 0) is 6.92 Å². The zero-order valence-electron chi connectivity index (χ0n) is 6.82. The van der Waals surface area contributed by atoms with E-state index in [1.165, 1.54) is 0 Å². The molecule has 0 aromatic heterocycles. The van der Waals surface area contributed by atoms with E-state index in [0.29, 0.717) is 0 Å². The number of hydrogen-bond donors (Lipinski definition) is 3. The number of aliphatic hydroxyl groups is 2. The van der Waals surface area contributed by atoms with Crippen LogP contribution in [0.15, 0.2) is 0 Å². The molecule has 0 saturated heterocycles. The monoisotopic (exact) mass is 211 g/mol. The van der Waals surface area contributed by atoms with E-state index in [1.807, 2.05) is 0 Å². The first-order valence-corrected chi connectivity index (χ1v) is 4.47. The summed E-state index contributed by atoms with van der Waals surface area (Å²) in [7, 11) is -3.23. The second-order valence-electron chi connectivity index (χ2n) is 2.34. The van der Waals surface area contributed by atoms with Crippen LogP contribution in [0.1, 0.15) is 6.92 Å². The summed E-state index contributed by atoms with van der Waals surface area (Å²) in [5.41, 5.74) is 0. The van der Waals surface area contributed by atoms with Gasteiger partial charge in [0.15, 0.2) is 0 Å². The largest absolute Gasteiger partial charge is 0.480 e. The van der Waals surface area contributed by atoms with Crippen molar-refractivity contribution in [3.8, 4) is 0 Å². The van der Waals surface area contributed by atoms with Gasteiger partial charge in [-0.1, -0.05) is 0 Å². The number of rotatable bonds is 5. The molecular formula is C5H10NO6P. The van der Waals surface area contributed by atoms with Gasteiger partial charge < -0.3 is 15.3 Å². The highest BCUT2D eigenvalue weighted by Gasteiger charge is 2.32. The molecule has 0 heterocycles. The van der Waals surface area contributed by atoms with Gasteiger partial charge in [-0.15, -0.1) is 0 Å². The maximum Gasteiger partial charge on any atom is 0.401 e. The minimum atomic E-state index is -3.23. The average molecular weight is 211 g/mol. The van der Waals surface area contributed by atoms with Crippen LogP contribution in [0.25, 0.3) is 0 Å². The molecule has 0 aliphatic carbocycles. The second-order valence-corrected chi connectivity index (χ2v) is 3.33. The lowest BCUT2D eigenvalue weighted by atomic mass is 10.2. The Kier molecular flexibility index (Phi) is 4.79. The Labute approximate surface area is 74.5 Å². The Morgan fingerprint density at radius 1 is 1.54 bits per heavy atom. The number of carboxylic acid groups (broad SMARTS) is 1. The molecule has 76 valence electrons. The van der Waals surface area contributed by atoms with E-state index in [0.717, 1.165) is 6.92 Å². The molecule has 2 atom stereocenters. The predicted octanol–water partition coefficient (Wildman–Crippen LogP) is -0.840. The van der Waals surface area contributed by atoms with Crippen LogP contribution in [0.5, 0.6) is 0 Å². The van der Waals surface area contributed by atoms with Crippen molar-refractivity contribution >= 4 is 13.8 Å². The standard InChI is InChI=1S/C5H10NO6P/c1-3(8)4(5(9)10)6(2-7)13(11)12/h3-4,7-8H,2H2,1H3,(H,9,10). The van der Waals surface area contributed by atoms with Crippen molar-refractivity contribution in [2.75, 3.05) is 6.73 Å². The summed E-state index contributed by atoms with van der Waals surface area (Å²) in [5.74, 6) is -1.51. The molecule has 0 rings (SSSR count). The van der Waals surface area contributed by atoms with Gasteiger partial charge in [-0.2, -0.15) is 4.67 Å². The number of carbonyl (C=O) groups is 1. The smallest absolute Gasteiger partial charge is 0.401 e. The van der Waals surface area contributed by atoms with Crippen LogP contribution in [0.3, 0.4) is 0 Å². The minimum Gasteiger partial charge on any atom is -0.480 e. The van der Waals surface area contributed by atoms with Gasteiger partial charge in [-0.25, -0.2) is 9.13 Å². The SMILES string of the molecule is CC(O)C(C(=O)O)N(CO)P(=O)=O. The van der Waals surface area contributed by atoms with Gasteiger partial charge in [0, 0.05) is 0 Å². The zero-order valence-corrected chi connectivity index (χ0v) is 7.72. The molecule has 0 aromatic rings. The van der Waals surface area contributed by atoms with E-state index < -0.39 is 32.7 Å². The Morgan fingerprint density at radius 2 is 2.00 bits per heavy atom. The Balaban J connectivity index is 4.79. The van der Waals surface area contributed by atoms with Crippen molar-refractivity contribution in [2.24, 2.45) is 0 Å². The molecule has 0 spiro atoms. The molecule has 3 N–H and O–H groups in total. The van der Waals surface area contributed by atoms with Gasteiger partial charge in [0.05, 0.1) is 6.10 Å². The third kappa shape index (κ3) is 3.23. The Morgan fingerprint density at radius 3 is 2.08 bits per heavy atom. The molecule has 2 unspecified atom stereocenters. The summed E-state index contributed by atoms with van der Waals surface area (Å²) in [6.45, 7) is 0.154. The maximum absolute atomic E-state index is 10.5. The second kappa shape index (κ2) is 5.08. The molecule has 0 amide bonds. The summed E-state index contributed by atoms with van der Waals surface area (Å²) in [4.78, 5) is 10.5. The fourth-order valence-electron chi connectivity index (χ4n) is 0.824. The molecule has 0 saturated carbocycles. The normalized spacial score (nSPS) is 15.4. The lowest BCUT2D eigenvalue weighted by molar-refractivity contribution is -0.146. The van der Waals surface area contributed by atoms with Crippen LogP contribution >= 0.6 is 7.83 Å². The van der Waals surface area contributed by atoms with E-state index in [-0.39, 0.29) is 4.67 Å². The number of aliphatic hydroxyl groups excluding tert-OH is 2. The minimum absolute atomic E-state index is 0.266. The molecule has 8 heteroatoms. The Hall–Kier alpha value is -0.750. The molecule has 0 aliphatic rings. The van der Waals surface area contributed by atoms with Crippen molar-refractivity contribution in [1.29, 1.82) is 0 Å². The quantitative estimate of drug-likeness (QED) is 0.401. The summed E-state index contributed by atoms with van der Waals surface area (Å²) < 4.78 is 21.1. The molecule has 0 aromatic carbocycles. The first-order valence-electron chi connectivity index (χ1n) is 3.34. The third-order valence-corrected chi connectivity index (χ3v) is 2.18. The Bertz CT molecular complexity index is 241. The lowest BCUT2D eigenvalue weighted by Gasteiger charge is -2.21. The topological polar surface area (TPSA) is 115 Å². The highest BCUT2D eigenvalue weighted by molar-refractivity contribution is 7.27. The van der Waals surface area contributed by atoms with Crippen LogP contribution in [-0.2, 0) is 13.9 Å². The fraction of sp³-hybridized carbons (Fsp3) is 0.800. The summed E-state index contributed by atoms with van der Waals surface area (Å²) >= 11 is 0. The van der Waals surface area contributed by atoms with Gasteiger partial charge in [0.1, 0.15) is 12.8 Å².